The predicted molar refractivity (Wildman–Crippen MR) is 120 cm³/mol. The van der Waals surface area contributed by atoms with E-state index in [9.17, 15) is 14.7 Å². The number of piperidine rings is 1. The van der Waals surface area contributed by atoms with Crippen LogP contribution >= 0.6 is 11.6 Å². The van der Waals surface area contributed by atoms with Crippen LogP contribution in [0.5, 0.6) is 0 Å². The van der Waals surface area contributed by atoms with Crippen molar-refractivity contribution < 1.29 is 14.6 Å². The van der Waals surface area contributed by atoms with Gasteiger partial charge in [-0.3, -0.25) is 9.59 Å². The molecule has 2 fully saturated rings. The average molecular weight is 445 g/mol. The lowest BCUT2D eigenvalue weighted by atomic mass is 9.84. The van der Waals surface area contributed by atoms with Gasteiger partial charge in [0.05, 0.1) is 18.2 Å². The molecule has 31 heavy (non-hydrogen) atoms. The second kappa shape index (κ2) is 8.77. The predicted octanol–water partition coefficient (Wildman–Crippen LogP) is 3.42. The molecule has 0 radical (unpaired) electrons. The fourth-order valence-corrected chi connectivity index (χ4v) is 4.82. The van der Waals surface area contributed by atoms with Crippen LogP contribution in [-0.4, -0.2) is 46.3 Å². The number of aryl methyl sites for hydroxylation is 2. The Labute approximate surface area is 187 Å². The van der Waals surface area contributed by atoms with Crippen molar-refractivity contribution in [2.45, 2.75) is 57.8 Å². The van der Waals surface area contributed by atoms with Crippen LogP contribution in [0.1, 0.15) is 52.9 Å². The molecule has 1 aromatic heterocycles. The molecule has 0 saturated carbocycles. The van der Waals surface area contributed by atoms with Crippen molar-refractivity contribution in [3.8, 4) is 0 Å². The van der Waals surface area contributed by atoms with E-state index in [1.54, 1.807) is 21.6 Å². The van der Waals surface area contributed by atoms with Crippen molar-refractivity contribution >= 4 is 17.5 Å². The zero-order valence-electron chi connectivity index (χ0n) is 18.1. The number of carbonyl (C=O) groups is 1. The van der Waals surface area contributed by atoms with Gasteiger partial charge in [0.1, 0.15) is 5.56 Å². The lowest BCUT2D eigenvalue weighted by molar-refractivity contribution is -0.0212. The van der Waals surface area contributed by atoms with Crippen LogP contribution in [0.25, 0.3) is 0 Å². The molecule has 0 spiro atoms. The maximum Gasteiger partial charge on any atom is 0.263 e. The molecule has 3 heterocycles. The van der Waals surface area contributed by atoms with Gasteiger partial charge in [-0.15, -0.1) is 0 Å². The summed E-state index contributed by atoms with van der Waals surface area (Å²) in [7, 11) is 0. The number of aliphatic hydroxyl groups is 1. The third kappa shape index (κ3) is 4.43. The first-order chi connectivity index (χ1) is 14.8. The van der Waals surface area contributed by atoms with Gasteiger partial charge in [-0.05, 0) is 68.9 Å². The largest absolute Gasteiger partial charge is 0.385 e. The summed E-state index contributed by atoms with van der Waals surface area (Å²) in [5.74, 6) is -0.262. The molecule has 2 aromatic rings. The van der Waals surface area contributed by atoms with Crippen LogP contribution in [0.3, 0.4) is 0 Å². The maximum absolute atomic E-state index is 13.3. The van der Waals surface area contributed by atoms with Crippen LogP contribution in [-0.2, 0) is 16.9 Å². The highest BCUT2D eigenvalue weighted by Crippen LogP contribution is 2.33. The molecule has 1 aromatic carbocycles. The van der Waals surface area contributed by atoms with Gasteiger partial charge < -0.3 is 19.3 Å². The third-order valence-electron chi connectivity index (χ3n) is 6.59. The van der Waals surface area contributed by atoms with Crippen molar-refractivity contribution in [2.75, 3.05) is 19.7 Å². The monoisotopic (exact) mass is 444 g/mol. The molecular weight excluding hydrogens is 416 g/mol. The molecule has 7 heteroatoms. The first-order valence-electron chi connectivity index (χ1n) is 10.9. The highest BCUT2D eigenvalue weighted by Gasteiger charge is 2.36. The summed E-state index contributed by atoms with van der Waals surface area (Å²) in [4.78, 5) is 28.3. The van der Waals surface area contributed by atoms with Crippen LogP contribution in [0.4, 0.5) is 0 Å². The smallest absolute Gasteiger partial charge is 0.263 e. The Bertz CT molecular complexity index is 1020. The maximum atomic E-state index is 13.3. The van der Waals surface area contributed by atoms with Crippen LogP contribution in [0, 0.1) is 13.8 Å². The first-order valence-corrected chi connectivity index (χ1v) is 11.3. The fraction of sp³-hybridized carbons (Fsp3) is 0.500. The zero-order chi connectivity index (χ0) is 22.2. The molecule has 4 rings (SSSR count). The topological polar surface area (TPSA) is 71.8 Å². The molecular formula is C24H29ClN2O4. The summed E-state index contributed by atoms with van der Waals surface area (Å²) >= 11 is 5.96. The van der Waals surface area contributed by atoms with Gasteiger partial charge >= 0.3 is 0 Å². The molecule has 2 saturated heterocycles. The van der Waals surface area contributed by atoms with E-state index in [4.69, 9.17) is 16.3 Å². The molecule has 2 aliphatic rings. The Balaban J connectivity index is 1.53. The van der Waals surface area contributed by atoms with Crippen molar-refractivity contribution in [3.05, 3.63) is 68.1 Å². The lowest BCUT2D eigenvalue weighted by Gasteiger charge is -2.38. The van der Waals surface area contributed by atoms with Crippen molar-refractivity contribution in [3.63, 3.8) is 0 Å². The van der Waals surface area contributed by atoms with Crippen molar-refractivity contribution in [1.29, 1.82) is 0 Å². The lowest BCUT2D eigenvalue weighted by Crippen LogP contribution is -2.47. The SMILES string of the molecule is Cc1cc(C)n(C[C@H]2CCCO2)c(=O)c1C(=O)N1CCC(O)(c2ccc(Cl)cc2)CC1. The number of benzene rings is 1. The highest BCUT2D eigenvalue weighted by atomic mass is 35.5. The summed E-state index contributed by atoms with van der Waals surface area (Å²) in [6, 6.07) is 9.08. The third-order valence-corrected chi connectivity index (χ3v) is 6.84. The highest BCUT2D eigenvalue weighted by molar-refractivity contribution is 6.30. The zero-order valence-corrected chi connectivity index (χ0v) is 18.8. The van der Waals surface area contributed by atoms with E-state index >= 15 is 0 Å². The summed E-state index contributed by atoms with van der Waals surface area (Å²) in [6.07, 6.45) is 2.77. The number of halogens is 1. The normalized spacial score (nSPS) is 20.8. The molecule has 0 unspecified atom stereocenters. The van der Waals surface area contributed by atoms with Gasteiger partial charge in [0.25, 0.3) is 11.5 Å². The molecule has 2 aliphatic heterocycles. The number of ether oxygens (including phenoxy) is 1. The number of nitrogens with zero attached hydrogens (tertiary/aromatic N) is 2. The minimum atomic E-state index is -0.996. The molecule has 1 amide bonds. The van der Waals surface area contributed by atoms with E-state index in [0.29, 0.717) is 43.1 Å². The summed E-state index contributed by atoms with van der Waals surface area (Å²) in [6.45, 7) is 5.67. The number of carbonyl (C=O) groups excluding carboxylic acids is 1. The van der Waals surface area contributed by atoms with Crippen molar-refractivity contribution in [2.24, 2.45) is 0 Å². The average Bonchev–Trinajstić information content (AvgIpc) is 3.25. The second-order valence-electron chi connectivity index (χ2n) is 8.73. The second-order valence-corrected chi connectivity index (χ2v) is 9.16. The van der Waals surface area contributed by atoms with Crippen LogP contribution < -0.4 is 5.56 Å². The van der Waals surface area contributed by atoms with Crippen LogP contribution in [0.15, 0.2) is 35.1 Å². The van der Waals surface area contributed by atoms with Gasteiger partial charge in [-0.2, -0.15) is 0 Å². The molecule has 166 valence electrons. The molecule has 6 nitrogen and oxygen atoms in total. The molecule has 0 bridgehead atoms. The summed E-state index contributed by atoms with van der Waals surface area (Å²) < 4.78 is 7.37. The first kappa shape index (κ1) is 22.1. The number of rotatable bonds is 4. The Morgan fingerprint density at radius 3 is 2.52 bits per heavy atom. The van der Waals surface area contributed by atoms with Crippen molar-refractivity contribution in [1.82, 2.24) is 9.47 Å². The van der Waals surface area contributed by atoms with Gasteiger partial charge in [0, 0.05) is 30.4 Å². The Morgan fingerprint density at radius 2 is 1.90 bits per heavy atom. The Hall–Kier alpha value is -2.15. The number of pyridine rings is 1. The Kier molecular flexibility index (Phi) is 6.24. The van der Waals surface area contributed by atoms with E-state index in [-0.39, 0.29) is 23.1 Å². The molecule has 0 aliphatic carbocycles. The number of hydrogen-bond donors (Lipinski definition) is 1. The number of aromatic nitrogens is 1. The molecule has 1 atom stereocenters. The molecule has 1 N–H and O–H groups in total. The number of likely N-dealkylation sites (tertiary alicyclic amines) is 1. The van der Waals surface area contributed by atoms with Crippen LogP contribution in [0.2, 0.25) is 5.02 Å². The fourth-order valence-electron chi connectivity index (χ4n) is 4.69. The van der Waals surface area contributed by atoms with Gasteiger partial charge in [-0.25, -0.2) is 0 Å². The minimum absolute atomic E-state index is 0.0198. The Morgan fingerprint density at radius 1 is 1.23 bits per heavy atom. The van der Waals surface area contributed by atoms with E-state index in [1.807, 2.05) is 32.0 Å². The van der Waals surface area contributed by atoms with Gasteiger partial charge in [-0.1, -0.05) is 23.7 Å². The minimum Gasteiger partial charge on any atom is -0.385 e. The standard InChI is InChI=1S/C24H29ClN2O4/c1-16-14-17(2)27(15-20-4-3-13-31-20)23(29)21(16)22(28)26-11-9-24(30,10-12-26)18-5-7-19(25)8-6-18/h5-8,14,20,30H,3-4,9-13,15H2,1-2H3/t20-/m1/s1. The van der Waals surface area contributed by atoms with E-state index in [2.05, 4.69) is 0 Å². The summed E-state index contributed by atoms with van der Waals surface area (Å²) in [5, 5.41) is 11.7. The number of amides is 1. The summed E-state index contributed by atoms with van der Waals surface area (Å²) in [5.41, 5.74) is 1.30. The van der Waals surface area contributed by atoms with Gasteiger partial charge in [0.15, 0.2) is 0 Å². The number of hydrogen-bond acceptors (Lipinski definition) is 4. The van der Waals surface area contributed by atoms with E-state index < -0.39 is 5.60 Å². The van der Waals surface area contributed by atoms with Gasteiger partial charge in [0.2, 0.25) is 0 Å². The quantitative estimate of drug-likeness (QED) is 0.784. The van der Waals surface area contributed by atoms with E-state index in [0.717, 1.165) is 30.7 Å². The van der Waals surface area contributed by atoms with E-state index in [1.165, 1.54) is 0 Å².